The molecule has 0 aliphatic heterocycles. The number of nitrogens with one attached hydrogen (secondary N) is 1. The first-order valence-corrected chi connectivity index (χ1v) is 8.51. The first kappa shape index (κ1) is 15.9. The van der Waals surface area contributed by atoms with Crippen molar-refractivity contribution in [1.29, 1.82) is 0 Å². The summed E-state index contributed by atoms with van der Waals surface area (Å²) >= 11 is 5.98. The summed E-state index contributed by atoms with van der Waals surface area (Å²) in [5.74, 6) is 1.65. The predicted molar refractivity (Wildman–Crippen MR) is 88.4 cm³/mol. The van der Waals surface area contributed by atoms with E-state index in [0.29, 0.717) is 6.04 Å². The molecule has 2 rings (SSSR count). The van der Waals surface area contributed by atoms with E-state index in [-0.39, 0.29) is 0 Å². The van der Waals surface area contributed by atoms with Gasteiger partial charge in [0.1, 0.15) is 0 Å². The lowest BCUT2D eigenvalue weighted by Gasteiger charge is -2.26. The lowest BCUT2D eigenvalue weighted by molar-refractivity contribution is 0.291. The van der Waals surface area contributed by atoms with Gasteiger partial charge in [0.25, 0.3) is 0 Å². The normalized spacial score (nSPS) is 23.8. The lowest BCUT2D eigenvalue weighted by atomic mass is 9.83. The van der Waals surface area contributed by atoms with Crippen molar-refractivity contribution in [1.82, 2.24) is 5.32 Å². The molecule has 0 aromatic heterocycles. The zero-order valence-electron chi connectivity index (χ0n) is 12.9. The van der Waals surface area contributed by atoms with Gasteiger partial charge >= 0.3 is 0 Å². The van der Waals surface area contributed by atoms with Gasteiger partial charge < -0.3 is 5.32 Å². The van der Waals surface area contributed by atoms with Crippen molar-refractivity contribution < 1.29 is 0 Å². The number of hydrogen-bond donors (Lipinski definition) is 1. The molecule has 1 N–H and O–H groups in total. The second kappa shape index (κ2) is 8.05. The van der Waals surface area contributed by atoms with Gasteiger partial charge in [0.05, 0.1) is 0 Å². The molecule has 112 valence electrons. The number of hydrogen-bond acceptors (Lipinski definition) is 1. The van der Waals surface area contributed by atoms with Gasteiger partial charge in [-0.05, 0) is 55.3 Å². The quantitative estimate of drug-likeness (QED) is 0.747. The van der Waals surface area contributed by atoms with Gasteiger partial charge in [0.15, 0.2) is 0 Å². The second-order valence-electron chi connectivity index (χ2n) is 6.55. The average molecular weight is 294 g/mol. The zero-order valence-corrected chi connectivity index (χ0v) is 13.6. The van der Waals surface area contributed by atoms with E-state index < -0.39 is 0 Å². The molecule has 2 atom stereocenters. The highest BCUT2D eigenvalue weighted by Crippen LogP contribution is 2.31. The van der Waals surface area contributed by atoms with Crippen molar-refractivity contribution >= 4 is 11.6 Å². The largest absolute Gasteiger partial charge is 0.314 e. The lowest BCUT2D eigenvalue weighted by Crippen LogP contribution is -2.33. The summed E-state index contributed by atoms with van der Waals surface area (Å²) in [7, 11) is 0. The molecular formula is C18H28ClN. The molecule has 1 nitrogen and oxygen atoms in total. The van der Waals surface area contributed by atoms with Crippen LogP contribution in [-0.4, -0.2) is 12.6 Å². The molecule has 1 saturated carbocycles. The van der Waals surface area contributed by atoms with Crippen LogP contribution >= 0.6 is 11.6 Å². The molecule has 1 aromatic carbocycles. The molecule has 0 heterocycles. The molecule has 2 heteroatoms. The Labute approximate surface area is 129 Å². The van der Waals surface area contributed by atoms with E-state index >= 15 is 0 Å². The van der Waals surface area contributed by atoms with E-state index in [2.05, 4.69) is 31.3 Å². The van der Waals surface area contributed by atoms with Crippen LogP contribution < -0.4 is 5.32 Å². The first-order valence-electron chi connectivity index (χ1n) is 8.13. The number of rotatable bonds is 5. The first-order chi connectivity index (χ1) is 9.65. The highest BCUT2D eigenvalue weighted by molar-refractivity contribution is 6.30. The van der Waals surface area contributed by atoms with Gasteiger partial charge in [-0.25, -0.2) is 0 Å². The highest BCUT2D eigenvalue weighted by Gasteiger charge is 2.23. The molecule has 1 aliphatic carbocycles. The maximum Gasteiger partial charge on any atom is 0.0406 e. The molecular weight excluding hydrogens is 266 g/mol. The van der Waals surface area contributed by atoms with Crippen molar-refractivity contribution in [3.8, 4) is 0 Å². The maximum atomic E-state index is 5.98. The van der Waals surface area contributed by atoms with Crippen molar-refractivity contribution in [3.63, 3.8) is 0 Å². The Morgan fingerprint density at radius 3 is 2.35 bits per heavy atom. The minimum atomic E-state index is 0.592. The van der Waals surface area contributed by atoms with Crippen LogP contribution in [0.5, 0.6) is 0 Å². The molecule has 0 radical (unpaired) electrons. The Balaban J connectivity index is 1.98. The minimum Gasteiger partial charge on any atom is -0.314 e. The van der Waals surface area contributed by atoms with Gasteiger partial charge in [-0.2, -0.15) is 0 Å². The predicted octanol–water partition coefficient (Wildman–Crippen LogP) is 5.08. The number of halogens is 1. The van der Waals surface area contributed by atoms with Crippen LogP contribution in [-0.2, 0) is 6.42 Å². The maximum absolute atomic E-state index is 5.98. The summed E-state index contributed by atoms with van der Waals surface area (Å²) in [6, 6.07) is 9.03. The summed E-state index contributed by atoms with van der Waals surface area (Å²) in [5, 5.41) is 4.49. The van der Waals surface area contributed by atoms with Gasteiger partial charge in [-0.1, -0.05) is 56.8 Å². The van der Waals surface area contributed by atoms with Gasteiger partial charge in [-0.15, -0.1) is 0 Å². The van der Waals surface area contributed by atoms with E-state index in [1.807, 2.05) is 12.1 Å². The van der Waals surface area contributed by atoms with E-state index in [0.717, 1.165) is 16.9 Å². The van der Waals surface area contributed by atoms with Crippen LogP contribution in [0.2, 0.25) is 5.02 Å². The Morgan fingerprint density at radius 1 is 1.05 bits per heavy atom. The van der Waals surface area contributed by atoms with Crippen LogP contribution in [0.1, 0.15) is 51.5 Å². The van der Waals surface area contributed by atoms with E-state index in [9.17, 15) is 0 Å². The summed E-state index contributed by atoms with van der Waals surface area (Å²) < 4.78 is 0. The molecule has 1 aliphatic rings. The van der Waals surface area contributed by atoms with Gasteiger partial charge in [0.2, 0.25) is 0 Å². The summed E-state index contributed by atoms with van der Waals surface area (Å²) in [4.78, 5) is 0. The zero-order chi connectivity index (χ0) is 14.4. The average Bonchev–Trinajstić information content (AvgIpc) is 2.64. The summed E-state index contributed by atoms with van der Waals surface area (Å²) in [5.41, 5.74) is 1.44. The minimum absolute atomic E-state index is 0.592. The fraction of sp³-hybridized carbons (Fsp3) is 0.667. The van der Waals surface area contributed by atoms with Crippen LogP contribution in [0.15, 0.2) is 24.3 Å². The standard InChI is InChI=1S/C18H28ClN/c1-14(2)20-13-17-7-5-3-4-6-16(17)12-15-8-10-18(19)11-9-15/h8-11,14,16-17,20H,3-7,12-13H2,1-2H3. The molecule has 1 fully saturated rings. The molecule has 2 unspecified atom stereocenters. The summed E-state index contributed by atoms with van der Waals surface area (Å²) in [6.07, 6.45) is 8.19. The van der Waals surface area contributed by atoms with E-state index in [1.54, 1.807) is 0 Å². The van der Waals surface area contributed by atoms with Gasteiger partial charge in [-0.3, -0.25) is 0 Å². The number of benzene rings is 1. The molecule has 0 spiro atoms. The molecule has 0 amide bonds. The smallest absolute Gasteiger partial charge is 0.0406 e. The highest BCUT2D eigenvalue weighted by atomic mass is 35.5. The fourth-order valence-corrected chi connectivity index (χ4v) is 3.43. The fourth-order valence-electron chi connectivity index (χ4n) is 3.31. The molecule has 0 bridgehead atoms. The Bertz CT molecular complexity index is 385. The van der Waals surface area contributed by atoms with Crippen LogP contribution in [0.4, 0.5) is 0 Å². The Morgan fingerprint density at radius 2 is 1.70 bits per heavy atom. The van der Waals surface area contributed by atoms with E-state index in [1.165, 1.54) is 50.6 Å². The Hall–Kier alpha value is -0.530. The topological polar surface area (TPSA) is 12.0 Å². The van der Waals surface area contributed by atoms with Crippen LogP contribution in [0.25, 0.3) is 0 Å². The van der Waals surface area contributed by atoms with Crippen molar-refractivity contribution in [3.05, 3.63) is 34.9 Å². The van der Waals surface area contributed by atoms with Crippen molar-refractivity contribution in [2.45, 2.75) is 58.4 Å². The van der Waals surface area contributed by atoms with E-state index in [4.69, 9.17) is 11.6 Å². The van der Waals surface area contributed by atoms with Crippen molar-refractivity contribution in [2.75, 3.05) is 6.54 Å². The second-order valence-corrected chi connectivity index (χ2v) is 6.99. The molecule has 0 saturated heterocycles. The van der Waals surface area contributed by atoms with Crippen LogP contribution in [0, 0.1) is 11.8 Å². The van der Waals surface area contributed by atoms with Gasteiger partial charge in [0, 0.05) is 11.1 Å². The monoisotopic (exact) mass is 293 g/mol. The van der Waals surface area contributed by atoms with Crippen molar-refractivity contribution in [2.24, 2.45) is 11.8 Å². The third-order valence-corrected chi connectivity index (χ3v) is 4.77. The molecule has 20 heavy (non-hydrogen) atoms. The third-order valence-electron chi connectivity index (χ3n) is 4.52. The molecule has 1 aromatic rings. The SMILES string of the molecule is CC(C)NCC1CCCCCC1Cc1ccc(Cl)cc1. The Kier molecular flexibility index (Phi) is 6.38. The summed E-state index contributed by atoms with van der Waals surface area (Å²) in [6.45, 7) is 5.66. The third kappa shape index (κ3) is 5.10. The van der Waals surface area contributed by atoms with Crippen LogP contribution in [0.3, 0.4) is 0 Å².